The molecule has 1 unspecified atom stereocenters. The lowest BCUT2D eigenvalue weighted by Crippen LogP contribution is -2.41. The van der Waals surface area contributed by atoms with E-state index in [1.165, 1.54) is 77.5 Å². The van der Waals surface area contributed by atoms with Gasteiger partial charge in [0.25, 0.3) is 0 Å². The van der Waals surface area contributed by atoms with Crippen molar-refractivity contribution < 1.29 is 0 Å². The average molecular weight is 280 g/mol. The molecule has 0 aromatic carbocycles. The van der Waals surface area contributed by atoms with Crippen LogP contribution < -0.4 is 10.6 Å². The Kier molecular flexibility index (Phi) is 5.92. The van der Waals surface area contributed by atoms with Crippen molar-refractivity contribution in [3.63, 3.8) is 0 Å². The van der Waals surface area contributed by atoms with Gasteiger partial charge in [0.05, 0.1) is 0 Å². The van der Waals surface area contributed by atoms with Gasteiger partial charge in [0.2, 0.25) is 0 Å². The standard InChI is InChI=1S/C18H36N2/c1-4-7-18(10-11-19-14-18)15-20-13-17(12-16(2)3)8-5-6-9-17/h16,19-20H,4-15H2,1-3H3. The van der Waals surface area contributed by atoms with Crippen LogP contribution in [-0.4, -0.2) is 26.2 Å². The number of nitrogens with one attached hydrogen (secondary N) is 2. The molecule has 2 fully saturated rings. The van der Waals surface area contributed by atoms with E-state index in [9.17, 15) is 0 Å². The molecular weight excluding hydrogens is 244 g/mol. The molecule has 2 aliphatic rings. The van der Waals surface area contributed by atoms with Gasteiger partial charge < -0.3 is 10.6 Å². The molecule has 0 aromatic rings. The molecule has 0 aromatic heterocycles. The molecule has 118 valence electrons. The molecule has 0 amide bonds. The van der Waals surface area contributed by atoms with Crippen LogP contribution >= 0.6 is 0 Å². The predicted molar refractivity (Wildman–Crippen MR) is 88.1 cm³/mol. The van der Waals surface area contributed by atoms with Crippen LogP contribution in [0.4, 0.5) is 0 Å². The third-order valence-corrected chi connectivity index (χ3v) is 5.62. The smallest absolute Gasteiger partial charge is 0.00207 e. The summed E-state index contributed by atoms with van der Waals surface area (Å²) in [6.45, 7) is 12.0. The third kappa shape index (κ3) is 4.21. The summed E-state index contributed by atoms with van der Waals surface area (Å²) in [7, 11) is 0. The Hall–Kier alpha value is -0.0800. The molecule has 1 aliphatic carbocycles. The van der Waals surface area contributed by atoms with Crippen LogP contribution in [-0.2, 0) is 0 Å². The molecule has 20 heavy (non-hydrogen) atoms. The van der Waals surface area contributed by atoms with Gasteiger partial charge in [-0.05, 0) is 55.4 Å². The van der Waals surface area contributed by atoms with E-state index in [1.807, 2.05) is 0 Å². The van der Waals surface area contributed by atoms with Crippen molar-refractivity contribution in [1.82, 2.24) is 10.6 Å². The van der Waals surface area contributed by atoms with E-state index in [2.05, 4.69) is 31.4 Å². The zero-order valence-electron chi connectivity index (χ0n) is 14.1. The summed E-state index contributed by atoms with van der Waals surface area (Å²) in [6, 6.07) is 0. The van der Waals surface area contributed by atoms with E-state index in [4.69, 9.17) is 0 Å². The average Bonchev–Trinajstić information content (AvgIpc) is 3.00. The first-order valence-electron chi connectivity index (χ1n) is 9.01. The quantitative estimate of drug-likeness (QED) is 0.703. The largest absolute Gasteiger partial charge is 0.316 e. The van der Waals surface area contributed by atoms with Crippen LogP contribution in [0.3, 0.4) is 0 Å². The summed E-state index contributed by atoms with van der Waals surface area (Å²) in [4.78, 5) is 0. The van der Waals surface area contributed by atoms with Crippen LogP contribution in [0.5, 0.6) is 0 Å². The van der Waals surface area contributed by atoms with E-state index < -0.39 is 0 Å². The second kappa shape index (κ2) is 7.26. The molecule has 0 radical (unpaired) electrons. The molecule has 1 atom stereocenters. The maximum Gasteiger partial charge on any atom is 0.00207 e. The fourth-order valence-electron chi connectivity index (χ4n) is 4.82. The van der Waals surface area contributed by atoms with Crippen molar-refractivity contribution in [2.24, 2.45) is 16.7 Å². The topological polar surface area (TPSA) is 24.1 Å². The van der Waals surface area contributed by atoms with E-state index in [0.29, 0.717) is 10.8 Å². The van der Waals surface area contributed by atoms with Crippen molar-refractivity contribution >= 4 is 0 Å². The monoisotopic (exact) mass is 280 g/mol. The van der Waals surface area contributed by atoms with Gasteiger partial charge >= 0.3 is 0 Å². The van der Waals surface area contributed by atoms with Gasteiger partial charge in [-0.3, -0.25) is 0 Å². The van der Waals surface area contributed by atoms with Gasteiger partial charge in [-0.25, -0.2) is 0 Å². The van der Waals surface area contributed by atoms with E-state index in [0.717, 1.165) is 5.92 Å². The Bertz CT molecular complexity index is 273. The van der Waals surface area contributed by atoms with Crippen LogP contribution in [0, 0.1) is 16.7 Å². The summed E-state index contributed by atoms with van der Waals surface area (Å²) < 4.78 is 0. The SMILES string of the molecule is CCCC1(CNCC2(CC(C)C)CCCC2)CCNC1. The molecule has 1 saturated carbocycles. The number of rotatable bonds is 8. The summed E-state index contributed by atoms with van der Waals surface area (Å²) in [6.07, 6.45) is 11.3. The van der Waals surface area contributed by atoms with Gasteiger partial charge in [-0.1, -0.05) is 40.0 Å². The van der Waals surface area contributed by atoms with Crippen molar-refractivity contribution in [2.45, 2.75) is 72.1 Å². The van der Waals surface area contributed by atoms with E-state index in [1.54, 1.807) is 0 Å². The van der Waals surface area contributed by atoms with Crippen LogP contribution in [0.1, 0.15) is 72.1 Å². The Morgan fingerprint density at radius 3 is 2.30 bits per heavy atom. The summed E-state index contributed by atoms with van der Waals surface area (Å²) in [5.74, 6) is 0.840. The summed E-state index contributed by atoms with van der Waals surface area (Å²) in [5.41, 5.74) is 1.17. The first-order valence-corrected chi connectivity index (χ1v) is 9.01. The Morgan fingerprint density at radius 1 is 1.05 bits per heavy atom. The minimum Gasteiger partial charge on any atom is -0.316 e. The minimum absolute atomic E-state index is 0.548. The molecule has 2 heteroatoms. The third-order valence-electron chi connectivity index (χ3n) is 5.62. The summed E-state index contributed by atoms with van der Waals surface area (Å²) >= 11 is 0. The lowest BCUT2D eigenvalue weighted by molar-refractivity contribution is 0.200. The fourth-order valence-corrected chi connectivity index (χ4v) is 4.82. The van der Waals surface area contributed by atoms with Crippen molar-refractivity contribution in [2.75, 3.05) is 26.2 Å². The summed E-state index contributed by atoms with van der Waals surface area (Å²) in [5, 5.41) is 7.48. The number of hydrogen-bond donors (Lipinski definition) is 2. The maximum absolute atomic E-state index is 3.90. The molecule has 0 spiro atoms. The fraction of sp³-hybridized carbons (Fsp3) is 1.00. The van der Waals surface area contributed by atoms with Gasteiger partial charge in [0.15, 0.2) is 0 Å². The lowest BCUT2D eigenvalue weighted by Gasteiger charge is -2.34. The second-order valence-electron chi connectivity index (χ2n) is 8.09. The van der Waals surface area contributed by atoms with Gasteiger partial charge in [-0.2, -0.15) is 0 Å². The Balaban J connectivity index is 1.83. The zero-order chi connectivity index (χ0) is 14.5. The molecule has 2 N–H and O–H groups in total. The lowest BCUT2D eigenvalue weighted by atomic mass is 9.77. The second-order valence-corrected chi connectivity index (χ2v) is 8.09. The van der Waals surface area contributed by atoms with Gasteiger partial charge in [0.1, 0.15) is 0 Å². The molecule has 0 bridgehead atoms. The van der Waals surface area contributed by atoms with Crippen LogP contribution in [0.15, 0.2) is 0 Å². The van der Waals surface area contributed by atoms with Crippen molar-refractivity contribution in [1.29, 1.82) is 0 Å². The van der Waals surface area contributed by atoms with Crippen LogP contribution in [0.2, 0.25) is 0 Å². The minimum atomic E-state index is 0.548. The molecule has 1 saturated heterocycles. The normalized spacial score (nSPS) is 29.4. The van der Waals surface area contributed by atoms with Gasteiger partial charge in [-0.15, -0.1) is 0 Å². The molecule has 1 heterocycles. The van der Waals surface area contributed by atoms with Crippen LogP contribution in [0.25, 0.3) is 0 Å². The Labute approximate surface area is 126 Å². The maximum atomic E-state index is 3.90. The number of hydrogen-bond acceptors (Lipinski definition) is 2. The first kappa shape index (κ1) is 16.3. The molecule has 2 rings (SSSR count). The van der Waals surface area contributed by atoms with Crippen molar-refractivity contribution in [3.8, 4) is 0 Å². The van der Waals surface area contributed by atoms with E-state index >= 15 is 0 Å². The van der Waals surface area contributed by atoms with E-state index in [-0.39, 0.29) is 0 Å². The highest BCUT2D eigenvalue weighted by Gasteiger charge is 2.36. The zero-order valence-corrected chi connectivity index (χ0v) is 14.1. The molecule has 2 nitrogen and oxygen atoms in total. The predicted octanol–water partition coefficient (Wildman–Crippen LogP) is 3.96. The highest BCUT2D eigenvalue weighted by molar-refractivity contribution is 4.92. The highest BCUT2D eigenvalue weighted by Crippen LogP contribution is 2.43. The first-order chi connectivity index (χ1) is 9.60. The highest BCUT2D eigenvalue weighted by atomic mass is 15.0. The molecule has 1 aliphatic heterocycles. The van der Waals surface area contributed by atoms with Gasteiger partial charge in [0, 0.05) is 19.6 Å². The molecular formula is C18H36N2. The Morgan fingerprint density at radius 2 is 1.75 bits per heavy atom. The van der Waals surface area contributed by atoms with Crippen molar-refractivity contribution in [3.05, 3.63) is 0 Å².